The molecule has 0 radical (unpaired) electrons. The molecule has 3 aromatic rings. The van der Waals surface area contributed by atoms with Crippen molar-refractivity contribution in [3.8, 4) is 10.4 Å². The second kappa shape index (κ2) is 7.09. The van der Waals surface area contributed by atoms with E-state index in [1.807, 2.05) is 31.4 Å². The van der Waals surface area contributed by atoms with Crippen LogP contribution in [0, 0.1) is 0 Å². The molecule has 0 aliphatic carbocycles. The molecule has 3 aromatic heterocycles. The van der Waals surface area contributed by atoms with E-state index in [0.29, 0.717) is 24.1 Å². The maximum absolute atomic E-state index is 13.4. The van der Waals surface area contributed by atoms with Gasteiger partial charge in [-0.25, -0.2) is 4.98 Å². The first-order valence-electron chi connectivity index (χ1n) is 8.43. The zero-order valence-electron chi connectivity index (χ0n) is 14.5. The maximum atomic E-state index is 13.4. The van der Waals surface area contributed by atoms with Crippen LogP contribution in [0.2, 0.25) is 0 Å². The minimum Gasteiger partial charge on any atom is -0.368 e. The Balaban J connectivity index is 2.43. The number of carbonyl (C=O) groups excluding carboxylic acids is 1. The lowest BCUT2D eigenvalue weighted by molar-refractivity contribution is -0.121. The number of nitrogens with two attached hydrogens (primary N) is 1. The minimum absolute atomic E-state index is 0.160. The Morgan fingerprint density at radius 2 is 2.08 bits per heavy atom. The van der Waals surface area contributed by atoms with Crippen molar-refractivity contribution in [2.75, 3.05) is 0 Å². The van der Waals surface area contributed by atoms with Crippen LogP contribution >= 0.6 is 22.7 Å². The van der Waals surface area contributed by atoms with Gasteiger partial charge in [0.2, 0.25) is 5.91 Å². The molecule has 132 valence electrons. The maximum Gasteiger partial charge on any atom is 0.263 e. The van der Waals surface area contributed by atoms with Gasteiger partial charge in [0.1, 0.15) is 16.7 Å². The molecule has 1 amide bonds. The summed E-state index contributed by atoms with van der Waals surface area (Å²) < 4.78 is 1.51. The predicted molar refractivity (Wildman–Crippen MR) is 104 cm³/mol. The Labute approximate surface area is 154 Å². The molecule has 1 atom stereocenters. The molecule has 0 aliphatic heterocycles. The van der Waals surface area contributed by atoms with Gasteiger partial charge in [-0.2, -0.15) is 0 Å². The van der Waals surface area contributed by atoms with Crippen LogP contribution in [0.15, 0.2) is 22.3 Å². The van der Waals surface area contributed by atoms with Gasteiger partial charge in [-0.05, 0) is 24.3 Å². The normalized spacial score (nSPS) is 12.6. The molecule has 3 rings (SSSR count). The van der Waals surface area contributed by atoms with Crippen LogP contribution < -0.4 is 11.3 Å². The molecule has 1 unspecified atom stereocenters. The van der Waals surface area contributed by atoms with Gasteiger partial charge in [-0.3, -0.25) is 14.2 Å². The summed E-state index contributed by atoms with van der Waals surface area (Å²) in [4.78, 5) is 33.0. The van der Waals surface area contributed by atoms with Gasteiger partial charge in [0.25, 0.3) is 5.56 Å². The second-order valence-corrected chi connectivity index (χ2v) is 7.83. The highest BCUT2D eigenvalue weighted by molar-refractivity contribution is 7.20. The number of nitrogens with zero attached hydrogens (tertiary/aromatic N) is 2. The highest BCUT2D eigenvalue weighted by Gasteiger charge is 2.25. The average molecular weight is 376 g/mol. The molecule has 0 saturated heterocycles. The van der Waals surface area contributed by atoms with Crippen LogP contribution in [0.4, 0.5) is 0 Å². The Morgan fingerprint density at radius 3 is 2.60 bits per heavy atom. The Morgan fingerprint density at radius 1 is 1.32 bits per heavy atom. The molecule has 0 bridgehead atoms. The molecule has 3 heterocycles. The number of carbonyl (C=O) groups is 1. The van der Waals surface area contributed by atoms with Crippen LogP contribution in [0.1, 0.15) is 43.9 Å². The van der Waals surface area contributed by atoms with Crippen LogP contribution in [0.3, 0.4) is 0 Å². The smallest absolute Gasteiger partial charge is 0.263 e. The number of amides is 1. The van der Waals surface area contributed by atoms with E-state index in [1.165, 1.54) is 4.57 Å². The third kappa shape index (κ3) is 2.91. The molecule has 25 heavy (non-hydrogen) atoms. The fourth-order valence-corrected chi connectivity index (χ4v) is 5.17. The highest BCUT2D eigenvalue weighted by atomic mass is 32.1. The molecule has 7 heteroatoms. The summed E-state index contributed by atoms with van der Waals surface area (Å²) in [5.41, 5.74) is 6.36. The van der Waals surface area contributed by atoms with Gasteiger partial charge >= 0.3 is 0 Å². The summed E-state index contributed by atoms with van der Waals surface area (Å²) in [5.74, 6) is 0.119. The zero-order valence-corrected chi connectivity index (χ0v) is 16.2. The number of primary amides is 1. The van der Waals surface area contributed by atoms with E-state index in [0.717, 1.165) is 26.6 Å². The van der Waals surface area contributed by atoms with E-state index in [2.05, 4.69) is 6.92 Å². The summed E-state index contributed by atoms with van der Waals surface area (Å²) in [5, 5.41) is 2.62. The fraction of sp³-hybridized carbons (Fsp3) is 0.389. The van der Waals surface area contributed by atoms with Gasteiger partial charge in [-0.15, -0.1) is 22.7 Å². The van der Waals surface area contributed by atoms with Crippen molar-refractivity contribution in [2.45, 2.75) is 46.1 Å². The van der Waals surface area contributed by atoms with Gasteiger partial charge in [0.05, 0.1) is 5.39 Å². The Kier molecular flexibility index (Phi) is 5.06. The number of aromatic nitrogens is 2. The van der Waals surface area contributed by atoms with Crippen LogP contribution in [0.5, 0.6) is 0 Å². The molecular formula is C18H21N3O2S2. The van der Waals surface area contributed by atoms with E-state index in [1.54, 1.807) is 22.7 Å². The lowest BCUT2D eigenvalue weighted by Gasteiger charge is -2.18. The number of fused-ring (bicyclic) bond motifs is 1. The third-order valence-electron chi connectivity index (χ3n) is 4.34. The molecule has 0 aliphatic rings. The molecule has 0 aromatic carbocycles. The lowest BCUT2D eigenvalue weighted by atomic mass is 10.1. The summed E-state index contributed by atoms with van der Waals surface area (Å²) in [6, 6.07) is 3.34. The van der Waals surface area contributed by atoms with Gasteiger partial charge in [0.15, 0.2) is 0 Å². The van der Waals surface area contributed by atoms with Crippen LogP contribution in [-0.4, -0.2) is 15.5 Å². The quantitative estimate of drug-likeness (QED) is 0.713. The van der Waals surface area contributed by atoms with E-state index >= 15 is 0 Å². The van der Waals surface area contributed by atoms with Crippen molar-refractivity contribution >= 4 is 38.8 Å². The van der Waals surface area contributed by atoms with Crippen molar-refractivity contribution in [3.05, 3.63) is 38.6 Å². The average Bonchev–Trinajstić information content (AvgIpc) is 3.23. The number of rotatable bonds is 6. The Hall–Kier alpha value is -1.99. The van der Waals surface area contributed by atoms with E-state index in [9.17, 15) is 9.59 Å². The highest BCUT2D eigenvalue weighted by Crippen LogP contribution is 2.39. The minimum atomic E-state index is -0.666. The summed E-state index contributed by atoms with van der Waals surface area (Å²) in [6.45, 7) is 5.88. The fourth-order valence-electron chi connectivity index (χ4n) is 3.16. The molecule has 2 N–H and O–H groups in total. The number of thiophene rings is 2. The van der Waals surface area contributed by atoms with Crippen molar-refractivity contribution in [2.24, 2.45) is 5.73 Å². The topological polar surface area (TPSA) is 78.0 Å². The van der Waals surface area contributed by atoms with E-state index < -0.39 is 11.9 Å². The summed E-state index contributed by atoms with van der Waals surface area (Å²) >= 11 is 3.18. The van der Waals surface area contributed by atoms with Crippen molar-refractivity contribution in [1.82, 2.24) is 9.55 Å². The van der Waals surface area contributed by atoms with Gasteiger partial charge in [0, 0.05) is 21.7 Å². The monoisotopic (exact) mass is 375 g/mol. The van der Waals surface area contributed by atoms with E-state index in [-0.39, 0.29) is 5.56 Å². The zero-order chi connectivity index (χ0) is 18.1. The van der Waals surface area contributed by atoms with Gasteiger partial charge < -0.3 is 5.73 Å². The van der Waals surface area contributed by atoms with Crippen molar-refractivity contribution in [1.29, 1.82) is 0 Å². The number of hydrogen-bond donors (Lipinski definition) is 1. The van der Waals surface area contributed by atoms with Crippen molar-refractivity contribution in [3.63, 3.8) is 0 Å². The first-order valence-corrected chi connectivity index (χ1v) is 10.1. The number of aryl methyl sites for hydroxylation is 2. The lowest BCUT2D eigenvalue weighted by Crippen LogP contribution is -2.36. The second-order valence-electron chi connectivity index (χ2n) is 5.79. The largest absolute Gasteiger partial charge is 0.368 e. The first kappa shape index (κ1) is 17.8. The summed E-state index contributed by atoms with van der Waals surface area (Å²) in [7, 11) is 0. The molecule has 5 nitrogen and oxygen atoms in total. The SMILES string of the molecule is CCc1sc2nc(CC)n(C(CC)C(N)=O)c(=O)c2c1-c1cccs1. The van der Waals surface area contributed by atoms with E-state index in [4.69, 9.17) is 10.7 Å². The number of hydrogen-bond acceptors (Lipinski definition) is 5. The predicted octanol–water partition coefficient (Wildman–Crippen LogP) is 3.75. The molecule has 0 saturated carbocycles. The standard InChI is InChI=1S/C18H21N3O2S2/c1-4-10(16(19)22)21-13(6-3)20-17-15(18(21)23)14(11(5-2)25-17)12-8-7-9-24-12/h7-10H,4-6H2,1-3H3,(H2,19,22). The van der Waals surface area contributed by atoms with Crippen molar-refractivity contribution < 1.29 is 4.79 Å². The molecular weight excluding hydrogens is 354 g/mol. The summed E-state index contributed by atoms with van der Waals surface area (Å²) in [6.07, 6.45) is 1.87. The van der Waals surface area contributed by atoms with Crippen LogP contribution in [-0.2, 0) is 17.6 Å². The van der Waals surface area contributed by atoms with Crippen LogP contribution in [0.25, 0.3) is 20.7 Å². The Bertz CT molecular complexity index is 971. The van der Waals surface area contributed by atoms with Gasteiger partial charge in [-0.1, -0.05) is 26.8 Å². The first-order chi connectivity index (χ1) is 12.0. The molecule has 0 spiro atoms. The molecule has 0 fully saturated rings. The third-order valence-corrected chi connectivity index (χ3v) is 6.45.